The second-order valence-electron chi connectivity index (χ2n) is 23.9. The Morgan fingerprint density at radius 3 is 1.47 bits per heavy atom. The Morgan fingerprint density at radius 2 is 1.05 bits per heavy atom. The Hall–Kier alpha value is -8.91. The van der Waals surface area contributed by atoms with Crippen molar-refractivity contribution in [3.63, 3.8) is 0 Å². The van der Waals surface area contributed by atoms with Gasteiger partial charge in [-0.2, -0.15) is 15.3 Å². The number of nitrogens with one attached hydrogen (secondary N) is 3. The van der Waals surface area contributed by atoms with Crippen molar-refractivity contribution in [2.45, 2.75) is 76.7 Å². The van der Waals surface area contributed by atoms with Gasteiger partial charge in [0, 0.05) is 113 Å². The lowest BCUT2D eigenvalue weighted by Crippen LogP contribution is -2.42. The fourth-order valence-corrected chi connectivity index (χ4v) is 10.6. The first kappa shape index (κ1) is 75.5. The average Bonchev–Trinajstić information content (AvgIpc) is 1.76. The molecule has 11 rings (SSSR count). The lowest BCUT2D eigenvalue weighted by molar-refractivity contribution is -0.112. The summed E-state index contributed by atoms with van der Waals surface area (Å²) < 4.78 is 67.5. The molecule has 3 aliphatic heterocycles. The number of methoxy groups -OCH3 is 2. The summed E-state index contributed by atoms with van der Waals surface area (Å²) in [6.45, 7) is 18.8. The summed E-state index contributed by atoms with van der Waals surface area (Å²) in [6, 6.07) is 8.39. The van der Waals surface area contributed by atoms with Crippen molar-refractivity contribution in [3.8, 4) is 34.0 Å². The third kappa shape index (κ3) is 20.3. The maximum absolute atomic E-state index is 14.5. The fraction of sp³-hybridized carbons (Fsp3) is 0.391. The SMILES string of the molecule is C=CC(=O)Nc1cc(N)c(OC)cc1N1CCC(N(C)C)CC1.C=CC(=O)Nc1cc(Nc2ncc(F)c(-c3cnn(C)c3)n2)c(OC)cc1N1CCC(N(C)C)CC1.Cn1cc(-c2nc(Cl)ncc2F)cn1.Cn1cc(B2OC(C)(C)C(C)(C)O2)cn1.Fc1cnc(Cl)nc1Cl. The number of aromatic nitrogens is 12. The van der Waals surface area contributed by atoms with Crippen LogP contribution in [0.4, 0.5) is 53.2 Å². The van der Waals surface area contributed by atoms with E-state index in [9.17, 15) is 22.8 Å². The number of halogens is 6. The van der Waals surface area contributed by atoms with Crippen molar-refractivity contribution in [1.29, 1.82) is 0 Å². The van der Waals surface area contributed by atoms with Crippen LogP contribution in [0.25, 0.3) is 22.5 Å². The molecule has 0 unspecified atom stereocenters. The van der Waals surface area contributed by atoms with E-state index < -0.39 is 17.5 Å². The molecule has 8 aromatic rings. The van der Waals surface area contributed by atoms with E-state index in [1.54, 1.807) is 73.1 Å². The first-order valence-corrected chi connectivity index (χ1v) is 31.6. The molecule has 6 aromatic heterocycles. The molecule has 9 heterocycles. The minimum absolute atomic E-state index is 0.0188. The van der Waals surface area contributed by atoms with E-state index in [2.05, 4.69) is 122 Å². The van der Waals surface area contributed by atoms with Crippen LogP contribution < -0.4 is 46.4 Å². The highest BCUT2D eigenvalue weighted by Gasteiger charge is 2.52. The molecule has 3 saturated heterocycles. The highest BCUT2D eigenvalue weighted by Crippen LogP contribution is 2.41. The van der Waals surface area contributed by atoms with E-state index in [-0.39, 0.29) is 63.2 Å². The second-order valence-corrected chi connectivity index (χ2v) is 24.9. The average molecular weight is 1400 g/mol. The summed E-state index contributed by atoms with van der Waals surface area (Å²) in [5, 5.41) is 20.7. The van der Waals surface area contributed by atoms with Gasteiger partial charge in [-0.15, -0.1) is 0 Å². The van der Waals surface area contributed by atoms with Crippen molar-refractivity contribution in [2.75, 3.05) is 100 Å². The molecule has 0 radical (unpaired) electrons. The third-order valence-electron chi connectivity index (χ3n) is 16.2. The number of hydrogen-bond acceptors (Lipinski definition) is 21. The number of aryl methyl sites for hydroxylation is 3. The topological polar surface area (TPSA) is 277 Å². The molecule has 33 heteroatoms. The zero-order valence-electron chi connectivity index (χ0n) is 56.4. The van der Waals surface area contributed by atoms with Crippen LogP contribution in [-0.2, 0) is 40.0 Å². The number of nitrogen functional groups attached to an aromatic ring is 1. The number of anilines is 7. The molecule has 3 fully saturated rings. The number of nitrogens with zero attached hydrogens (tertiary/aromatic N) is 16. The zero-order valence-corrected chi connectivity index (χ0v) is 58.7. The number of carbonyl (C=O) groups excluding carboxylic acids is 2. The predicted molar refractivity (Wildman–Crippen MR) is 374 cm³/mol. The Balaban J connectivity index is 0.000000186. The summed E-state index contributed by atoms with van der Waals surface area (Å²) >= 11 is 16.0. The molecule has 0 atom stereocenters. The Labute approximate surface area is 577 Å². The molecule has 0 bridgehead atoms. The van der Waals surface area contributed by atoms with Gasteiger partial charge in [-0.05, 0) is 129 Å². The second kappa shape index (κ2) is 33.9. The van der Waals surface area contributed by atoms with Crippen LogP contribution in [0, 0.1) is 17.5 Å². The van der Waals surface area contributed by atoms with Crippen molar-refractivity contribution in [2.24, 2.45) is 21.1 Å². The van der Waals surface area contributed by atoms with Crippen LogP contribution in [0.15, 0.2) is 105 Å². The summed E-state index contributed by atoms with van der Waals surface area (Å²) in [6.07, 6.45) is 19.8. The number of hydrogen-bond donors (Lipinski definition) is 4. The third-order valence-corrected chi connectivity index (χ3v) is 16.8. The molecule has 97 heavy (non-hydrogen) atoms. The number of benzene rings is 2. The van der Waals surface area contributed by atoms with Crippen molar-refractivity contribution in [3.05, 3.63) is 139 Å². The Bertz CT molecular complexity index is 4000. The van der Waals surface area contributed by atoms with E-state index >= 15 is 0 Å². The van der Waals surface area contributed by atoms with Gasteiger partial charge in [0.1, 0.15) is 22.9 Å². The largest absolute Gasteiger partial charge is 0.498 e. The van der Waals surface area contributed by atoms with Crippen molar-refractivity contribution in [1.82, 2.24) is 69.0 Å². The number of piperidine rings is 2. The van der Waals surface area contributed by atoms with Crippen molar-refractivity contribution >= 4 is 99.3 Å². The van der Waals surface area contributed by atoms with Crippen LogP contribution in [0.5, 0.6) is 11.5 Å². The van der Waals surface area contributed by atoms with Gasteiger partial charge in [0.2, 0.25) is 28.3 Å². The van der Waals surface area contributed by atoms with Crippen molar-refractivity contribution < 1.29 is 41.5 Å². The summed E-state index contributed by atoms with van der Waals surface area (Å²) in [5.74, 6) is -0.988. The molecule has 3 aliphatic rings. The van der Waals surface area contributed by atoms with E-state index in [1.165, 1.54) is 24.5 Å². The monoisotopic (exact) mass is 1400 g/mol. The van der Waals surface area contributed by atoms with Gasteiger partial charge in [0.25, 0.3) is 0 Å². The standard InChI is InChI=1S/C25H31FN8O2.C17H26N4O2.C10H17BN2O2.C8H6ClFN4.C4HCl2FN2/c1-6-23(35)29-19-11-20(22(36-5)12-21(19)34-9-7-17(8-10-34)32(2)3)30-25-27-14-18(26)24(31-25)16-13-28-33(4)15-16;1-5-17(22)19-14-10-13(18)16(23-4)11-15(14)21-8-6-12(7-9-21)20(2)3;1-9(2)10(3,4)15-11(14-9)8-6-12-13(5)7-8;1-14-4-5(2-12-14)7-6(10)3-11-8(9)13-7;5-3-2(7)1-8-4(6)9-3/h6,11-15,17H,1,7-10H2,2-5H3,(H,29,35)(H,27,30,31);5,10-12H,1,6-9,18H2,2-4H3,(H,19,22);6-7H,1-5H3;2-4H,1H3;1H. The van der Waals surface area contributed by atoms with E-state index in [0.29, 0.717) is 57.5 Å². The highest BCUT2D eigenvalue weighted by molar-refractivity contribution is 6.62. The normalized spacial score (nSPS) is 15.0. The highest BCUT2D eigenvalue weighted by atomic mass is 35.5. The molecule has 0 spiro atoms. The van der Waals surface area contributed by atoms with Gasteiger partial charge in [-0.3, -0.25) is 23.6 Å². The number of ether oxygens (including phenoxy) is 2. The van der Waals surface area contributed by atoms with Crippen LogP contribution in [0.3, 0.4) is 0 Å². The fourth-order valence-electron chi connectivity index (χ4n) is 10.2. The quantitative estimate of drug-likeness (QED) is 0.0244. The molecule has 2 aromatic carbocycles. The van der Waals surface area contributed by atoms with E-state index in [0.717, 1.165) is 87.3 Å². The molecule has 0 saturated carbocycles. The Kier molecular flexibility index (Phi) is 26.3. The van der Waals surface area contributed by atoms with Crippen LogP contribution in [0.1, 0.15) is 53.4 Å². The van der Waals surface area contributed by atoms with Gasteiger partial charge >= 0.3 is 7.12 Å². The van der Waals surface area contributed by atoms with Gasteiger partial charge in [0.15, 0.2) is 22.6 Å². The molecule has 26 nitrogen and oxygen atoms in total. The first-order chi connectivity index (χ1) is 45.9. The molecular formula is C64H81BCl3F3N20O6. The molecule has 0 aliphatic carbocycles. The van der Waals surface area contributed by atoms with Crippen LogP contribution in [0.2, 0.25) is 15.7 Å². The maximum Gasteiger partial charge on any atom is 0.498 e. The zero-order chi connectivity index (χ0) is 71.1. The van der Waals surface area contributed by atoms with E-state index in [4.69, 9.17) is 59.3 Å². The number of amides is 2. The van der Waals surface area contributed by atoms with Gasteiger partial charge in [-0.25, -0.2) is 43.1 Å². The maximum atomic E-state index is 14.5. The van der Waals surface area contributed by atoms with Gasteiger partial charge in [-0.1, -0.05) is 24.8 Å². The van der Waals surface area contributed by atoms with Gasteiger partial charge < -0.3 is 60.1 Å². The smallest absolute Gasteiger partial charge is 0.495 e. The predicted octanol–water partition coefficient (Wildman–Crippen LogP) is 9.67. The molecule has 518 valence electrons. The lowest BCUT2D eigenvalue weighted by Gasteiger charge is -2.37. The number of carbonyl (C=O) groups is 2. The molecular weight excluding hydrogens is 1320 g/mol. The summed E-state index contributed by atoms with van der Waals surface area (Å²) in [4.78, 5) is 55.3. The van der Waals surface area contributed by atoms with Gasteiger partial charge in [0.05, 0.1) is 90.5 Å². The minimum Gasteiger partial charge on any atom is -0.495 e. The lowest BCUT2D eigenvalue weighted by atomic mass is 9.82. The molecule has 2 amide bonds. The minimum atomic E-state index is -0.666. The number of nitrogens with two attached hydrogens (primary N) is 1. The Morgan fingerprint density at radius 1 is 0.619 bits per heavy atom. The first-order valence-electron chi connectivity index (χ1n) is 30.5. The summed E-state index contributed by atoms with van der Waals surface area (Å²) in [5.41, 5.74) is 11.9. The van der Waals surface area contributed by atoms with Crippen LogP contribution >= 0.6 is 34.8 Å². The van der Waals surface area contributed by atoms with E-state index in [1.807, 2.05) is 53.1 Å². The molecule has 5 N–H and O–H groups in total. The number of rotatable bonds is 15. The van der Waals surface area contributed by atoms with Crippen LogP contribution in [-0.4, -0.2) is 180 Å². The summed E-state index contributed by atoms with van der Waals surface area (Å²) in [7, 11) is 16.6.